The number of unbranched alkanes of at least 4 members (excludes halogenated alkanes) is 14. The topological polar surface area (TPSA) is 22.4 Å². The van der Waals surface area contributed by atoms with Crippen LogP contribution in [0.2, 0.25) is 0 Å². The van der Waals surface area contributed by atoms with Crippen molar-refractivity contribution in [2.24, 2.45) is 0 Å². The molecule has 3 aliphatic heterocycles. The lowest BCUT2D eigenvalue weighted by molar-refractivity contribution is 0.449. The average Bonchev–Trinajstić information content (AvgIpc) is 3.09. The molecule has 3 heterocycles. The van der Waals surface area contributed by atoms with Gasteiger partial charge in [0, 0.05) is 51.3 Å². The van der Waals surface area contributed by atoms with Gasteiger partial charge >= 0.3 is 0 Å². The van der Waals surface area contributed by atoms with Gasteiger partial charge in [-0.2, -0.15) is 0 Å². The second kappa shape index (κ2) is 21.0. The summed E-state index contributed by atoms with van der Waals surface area (Å²) in [4.78, 5) is 11.6. The Morgan fingerprint density at radius 1 is 0.723 bits per heavy atom. The van der Waals surface area contributed by atoms with E-state index in [2.05, 4.69) is 59.7 Å². The highest BCUT2D eigenvalue weighted by molar-refractivity contribution is 14.0. The first-order valence-electron chi connectivity index (χ1n) is 19.6. The minimum Gasteiger partial charge on any atom is -0.371 e. The van der Waals surface area contributed by atoms with Gasteiger partial charge < -0.3 is 9.80 Å². The fraction of sp³-hybridized carbons (Fsp3) is 0.707. The summed E-state index contributed by atoms with van der Waals surface area (Å²) in [6, 6.07) is 9.48. The largest absolute Gasteiger partial charge is 0.371 e. The minimum atomic E-state index is 0. The quantitative estimate of drug-likeness (QED) is 0.0556. The first-order valence-corrected chi connectivity index (χ1v) is 20.4. The lowest BCUT2D eigenvalue weighted by Gasteiger charge is -2.29. The zero-order chi connectivity index (χ0) is 32.0. The van der Waals surface area contributed by atoms with E-state index in [4.69, 9.17) is 4.98 Å². The number of fused-ring (bicyclic) bond motifs is 2. The maximum absolute atomic E-state index is 5.32. The number of benzene rings is 2. The Morgan fingerprint density at radius 2 is 1.30 bits per heavy atom. The molecule has 0 amide bonds. The van der Waals surface area contributed by atoms with Gasteiger partial charge in [-0.1, -0.05) is 96.8 Å². The van der Waals surface area contributed by atoms with Crippen LogP contribution in [-0.2, 0) is 6.42 Å². The van der Waals surface area contributed by atoms with Crippen molar-refractivity contribution < 1.29 is 0 Å². The zero-order valence-corrected chi connectivity index (χ0v) is 33.4. The van der Waals surface area contributed by atoms with E-state index in [0.29, 0.717) is 0 Å². The van der Waals surface area contributed by atoms with Gasteiger partial charge in [0.15, 0.2) is 0 Å². The summed E-state index contributed by atoms with van der Waals surface area (Å²) in [6.45, 7) is 7.04. The predicted octanol–water partition coefficient (Wildman–Crippen LogP) is 11.4. The highest BCUT2D eigenvalue weighted by atomic mass is 127. The highest BCUT2D eigenvalue weighted by Crippen LogP contribution is 2.38. The number of hydrogen-bond donors (Lipinski definition) is 0. The zero-order valence-electron chi connectivity index (χ0n) is 30.3. The molecule has 2 saturated heterocycles. The molecule has 0 atom stereocenters. The molecule has 0 N–H and O–H groups in total. The third kappa shape index (κ3) is 11.3. The summed E-state index contributed by atoms with van der Waals surface area (Å²) in [5, 5.41) is 1.51. The predicted molar refractivity (Wildman–Crippen MR) is 220 cm³/mol. The van der Waals surface area contributed by atoms with Crippen LogP contribution in [-0.4, -0.2) is 45.3 Å². The van der Waals surface area contributed by atoms with E-state index < -0.39 is 0 Å². The third-order valence-corrected chi connectivity index (χ3v) is 11.7. The summed E-state index contributed by atoms with van der Waals surface area (Å²) in [6.07, 6.45) is 30.4. The number of anilines is 2. The molecule has 5 rings (SSSR count). The van der Waals surface area contributed by atoms with Gasteiger partial charge in [-0.15, -0.1) is 35.3 Å². The van der Waals surface area contributed by atoms with Crippen LogP contribution in [0.3, 0.4) is 0 Å². The molecular formula is C41H66IN4S+. The monoisotopic (exact) mass is 773 g/mol. The molecule has 0 saturated carbocycles. The lowest BCUT2D eigenvalue weighted by atomic mass is 9.99. The summed E-state index contributed by atoms with van der Waals surface area (Å²) >= 11 is 1.96. The first kappa shape index (κ1) is 38.4. The number of rotatable bonds is 18. The Bertz CT molecular complexity index is 1370. The number of aromatic nitrogens is 1. The van der Waals surface area contributed by atoms with Crippen LogP contribution in [0.15, 0.2) is 24.3 Å². The number of hydrogen-bond acceptors (Lipinski definition) is 4. The molecule has 4 aliphatic rings. The van der Waals surface area contributed by atoms with E-state index in [0.717, 1.165) is 5.52 Å². The van der Waals surface area contributed by atoms with Crippen molar-refractivity contribution in [3.8, 4) is 10.6 Å². The fourth-order valence-corrected chi connectivity index (χ4v) is 9.09. The minimum absolute atomic E-state index is 0. The SMILES string of the molecule is CCCCCCCCCCCCCCCCCc1cc2nc3ccc(N4CCCCC4)cc3sc-2c(N(C)C)c1=[N+]1CCCCC1.I. The molecule has 4 nitrogen and oxygen atoms in total. The smallest absolute Gasteiger partial charge is 0.228 e. The first-order chi connectivity index (χ1) is 22.7. The summed E-state index contributed by atoms with van der Waals surface area (Å²) < 4.78 is 4.04. The lowest BCUT2D eigenvalue weighted by Crippen LogP contribution is -2.40. The number of piperidine rings is 2. The molecule has 1 aromatic rings. The van der Waals surface area contributed by atoms with Gasteiger partial charge in [0.05, 0.1) is 20.8 Å². The van der Waals surface area contributed by atoms with Crippen molar-refractivity contribution in [3.63, 3.8) is 0 Å². The van der Waals surface area contributed by atoms with Crippen LogP contribution >= 0.6 is 35.3 Å². The van der Waals surface area contributed by atoms with Crippen molar-refractivity contribution >= 4 is 56.9 Å². The standard InChI is InChI=1S/C41H65N4S.HI/c1-4-5-6-7-8-9-10-11-12-13-14-15-16-17-20-25-34-32-37-41(40(43(2)3)39(34)45-30-23-19-24-31-45)46-38-33-35(26-27-36(38)42-37)44-28-21-18-22-29-44;/h26-27,32-33H,4-25,28-31H2,1-3H3;1H/q+1;. The van der Waals surface area contributed by atoms with Crippen molar-refractivity contribution in [1.29, 1.82) is 0 Å². The van der Waals surface area contributed by atoms with Gasteiger partial charge in [0.25, 0.3) is 0 Å². The second-order valence-corrected chi connectivity index (χ2v) is 15.7. The van der Waals surface area contributed by atoms with Gasteiger partial charge in [-0.05, 0) is 62.8 Å². The Hall–Kier alpha value is -1.41. The summed E-state index contributed by atoms with van der Waals surface area (Å²) in [7, 11) is 4.50. The number of nitrogens with zero attached hydrogens (tertiary/aromatic N) is 4. The molecular weight excluding hydrogens is 707 g/mol. The Kier molecular flexibility index (Phi) is 17.1. The molecule has 1 aliphatic carbocycles. The maximum Gasteiger partial charge on any atom is 0.228 e. The summed E-state index contributed by atoms with van der Waals surface area (Å²) in [5.74, 6) is 0. The molecule has 2 fully saturated rings. The Balaban J connectivity index is 0.00000500. The molecule has 6 heteroatoms. The van der Waals surface area contributed by atoms with Crippen LogP contribution in [0.4, 0.5) is 11.4 Å². The van der Waals surface area contributed by atoms with Gasteiger partial charge in [0.2, 0.25) is 5.36 Å². The molecule has 0 radical (unpaired) electrons. The number of halogens is 1. The fourth-order valence-electron chi connectivity index (χ4n) is 7.89. The Morgan fingerprint density at radius 3 is 1.89 bits per heavy atom. The molecule has 1 aromatic carbocycles. The van der Waals surface area contributed by atoms with Crippen molar-refractivity contribution in [2.45, 2.75) is 148 Å². The number of aryl methyl sites for hydroxylation is 1. The van der Waals surface area contributed by atoms with E-state index in [1.165, 1.54) is 205 Å². The van der Waals surface area contributed by atoms with Gasteiger partial charge in [-0.3, -0.25) is 0 Å². The van der Waals surface area contributed by atoms with Crippen LogP contribution in [0.25, 0.3) is 20.8 Å². The molecule has 0 bridgehead atoms. The molecule has 0 unspecified atom stereocenters. The summed E-state index contributed by atoms with van der Waals surface area (Å²) in [5.41, 5.74) is 6.63. The maximum atomic E-state index is 5.32. The normalized spacial score (nSPS) is 15.4. The molecule has 0 aromatic heterocycles. The van der Waals surface area contributed by atoms with Crippen molar-refractivity contribution in [2.75, 3.05) is 50.1 Å². The Labute approximate surface area is 308 Å². The van der Waals surface area contributed by atoms with Crippen molar-refractivity contribution in [3.05, 3.63) is 35.2 Å². The second-order valence-electron chi connectivity index (χ2n) is 14.6. The average molecular weight is 774 g/mol. The van der Waals surface area contributed by atoms with Crippen LogP contribution < -0.4 is 19.7 Å². The van der Waals surface area contributed by atoms with Crippen LogP contribution in [0, 0.1) is 0 Å². The molecule has 262 valence electrons. The van der Waals surface area contributed by atoms with E-state index >= 15 is 0 Å². The van der Waals surface area contributed by atoms with Crippen LogP contribution in [0.1, 0.15) is 147 Å². The molecule has 47 heavy (non-hydrogen) atoms. The molecule has 0 spiro atoms. The highest BCUT2D eigenvalue weighted by Gasteiger charge is 2.26. The van der Waals surface area contributed by atoms with E-state index in [9.17, 15) is 0 Å². The third-order valence-electron chi connectivity index (χ3n) is 10.6. The van der Waals surface area contributed by atoms with Gasteiger partial charge in [0.1, 0.15) is 18.8 Å². The van der Waals surface area contributed by atoms with E-state index in [-0.39, 0.29) is 24.0 Å². The van der Waals surface area contributed by atoms with E-state index in [1.54, 1.807) is 0 Å². The van der Waals surface area contributed by atoms with Crippen LogP contribution in [0.5, 0.6) is 0 Å². The van der Waals surface area contributed by atoms with E-state index in [1.807, 2.05) is 11.3 Å². The van der Waals surface area contributed by atoms with Crippen molar-refractivity contribution in [1.82, 2.24) is 9.56 Å². The van der Waals surface area contributed by atoms with Gasteiger partial charge in [-0.25, -0.2) is 9.56 Å².